The highest BCUT2D eigenvalue weighted by molar-refractivity contribution is 7.92. The molecule has 4 heterocycles. The smallest absolute Gasteiger partial charge is 0.408 e. The Hall–Kier alpha value is -8.58. The predicted molar refractivity (Wildman–Crippen MR) is 393 cm³/mol. The van der Waals surface area contributed by atoms with Crippen molar-refractivity contribution in [3.8, 4) is 23.1 Å². The van der Waals surface area contributed by atoms with Crippen molar-refractivity contribution in [1.29, 1.82) is 0 Å². The van der Waals surface area contributed by atoms with E-state index < -0.39 is 164 Å². The van der Waals surface area contributed by atoms with Gasteiger partial charge in [-0.25, -0.2) is 40.8 Å². The summed E-state index contributed by atoms with van der Waals surface area (Å²) >= 11 is 6.39. The Morgan fingerprint density at radius 3 is 1.39 bits per heavy atom. The molecular weight excluding hydrogens is 1440 g/mol. The highest BCUT2D eigenvalue weighted by Crippen LogP contribution is 2.51. The van der Waals surface area contributed by atoms with Crippen molar-refractivity contribution in [2.75, 3.05) is 27.3 Å². The van der Waals surface area contributed by atoms with Gasteiger partial charge >= 0.3 is 12.2 Å². The lowest BCUT2D eigenvalue weighted by Crippen LogP contribution is -2.60. The van der Waals surface area contributed by atoms with E-state index in [1.165, 1.54) is 54.5 Å². The van der Waals surface area contributed by atoms with E-state index in [9.17, 15) is 59.6 Å². The van der Waals surface area contributed by atoms with E-state index in [2.05, 4.69) is 53.8 Å². The minimum Gasteiger partial charge on any atom is -0.494 e. The van der Waals surface area contributed by atoms with Crippen molar-refractivity contribution in [1.82, 2.24) is 50.5 Å². The molecule has 2 aliphatic heterocycles. The van der Waals surface area contributed by atoms with Crippen LogP contribution in [0.4, 0.5) is 14.0 Å². The number of nitrogens with one attached hydrogen (secondary N) is 6. The number of nitrogens with zero attached hydrogens (tertiary/aromatic N) is 4. The molecule has 10 atom stereocenters. The van der Waals surface area contributed by atoms with Crippen molar-refractivity contribution < 1.29 is 88.0 Å². The van der Waals surface area contributed by atoms with Gasteiger partial charge in [-0.05, 0) is 151 Å². The zero-order valence-corrected chi connectivity index (χ0v) is 65.4. The molecule has 2 aromatic carbocycles. The first kappa shape index (κ1) is 81.5. The zero-order chi connectivity index (χ0) is 78.6. The molecule has 32 heteroatoms. The Balaban J connectivity index is 0.000000245. The Morgan fingerprint density at radius 2 is 1.01 bits per heavy atom. The molecule has 4 aliphatic carbocycles. The Kier molecular flexibility index (Phi) is 23.0. The van der Waals surface area contributed by atoms with E-state index >= 15 is 0 Å². The van der Waals surface area contributed by atoms with Crippen LogP contribution in [0.5, 0.6) is 23.1 Å². The van der Waals surface area contributed by atoms with Crippen LogP contribution in [0.15, 0.2) is 74.1 Å². The fourth-order valence-corrected chi connectivity index (χ4v) is 17.1. The lowest BCUT2D eigenvalue weighted by molar-refractivity contribution is -0.143. The van der Waals surface area contributed by atoms with Crippen LogP contribution in [-0.2, 0) is 58.3 Å². The highest BCUT2D eigenvalue weighted by atomic mass is 35.5. The van der Waals surface area contributed by atoms with E-state index in [0.717, 1.165) is 5.39 Å². The largest absolute Gasteiger partial charge is 0.494 e. The van der Waals surface area contributed by atoms with Gasteiger partial charge in [-0.1, -0.05) is 79.1 Å². The maximum atomic E-state index is 14.8. The molecule has 0 unspecified atom stereocenters. The molecule has 8 amide bonds. The number of likely N-dealkylation sites (tertiary alicyclic amines) is 2. The van der Waals surface area contributed by atoms with Crippen LogP contribution in [-0.4, -0.2) is 180 Å². The fourth-order valence-electron chi connectivity index (χ4n) is 13.6. The van der Waals surface area contributed by atoms with Gasteiger partial charge < -0.3 is 59.5 Å². The standard InChI is InChI=1S/C37H50ClN5O9S.C37H50FN5O9S/c1-10-22-19-37(22,32(46)42-53(48,49)36(11-2)13-14-36)41-30(44)25-17-23(51-27-18-24-21(16-26(27)50-9)12-15-39-29(24)38)20-43(25)31(45)28(34(3,4)5)40-33(47)52-35(6,7)8;1-10-22-19-37(22,32(46)42-53(48,49)36(11-2)13-14-36)41-29(44)26-17-23(51-30-24-18-25(38)27(50-9)16-21(24)12-15-39-30)20-43(26)31(45)28(34(3,4)5)40-33(47)52-35(6,7)8/h10,12,15-16,18,22-23,25,28H,1,11,13-14,17,19-20H2,2-9H3,(H,40,47)(H,41,44)(H,42,46);10,12,15-16,18,22-23,26,28H,1,11,13-14,17,19-20H2,2-9H3,(H,40,47)(H,41,44)(H,42,46)/t22-,23-,25+,28-,37-;22-,23-,26+,28-,37-/m11/s1. The fraction of sp³-hybridized carbons (Fsp3) is 0.595. The average Bonchev–Trinajstić information content (AvgIpc) is 1.57. The molecule has 2 aromatic heterocycles. The van der Waals surface area contributed by atoms with E-state index in [4.69, 9.17) is 40.0 Å². The first-order chi connectivity index (χ1) is 49.2. The number of hydrogen-bond donors (Lipinski definition) is 6. The summed E-state index contributed by atoms with van der Waals surface area (Å²) in [5.41, 5.74) is -6.60. The van der Waals surface area contributed by atoms with Gasteiger partial charge in [0.2, 0.25) is 49.6 Å². The monoisotopic (exact) mass is 1530 g/mol. The number of methoxy groups -OCH3 is 2. The minimum atomic E-state index is -4.04. The number of hydrogen-bond acceptors (Lipinski definition) is 20. The molecule has 6 fully saturated rings. The Morgan fingerprint density at radius 1 is 0.604 bits per heavy atom. The second-order valence-corrected chi connectivity index (χ2v) is 37.0. The second-order valence-electron chi connectivity index (χ2n) is 32.5. The topological polar surface area (TPSA) is 365 Å². The molecule has 6 N–H and O–H groups in total. The first-order valence-corrected chi connectivity index (χ1v) is 38.8. The summed E-state index contributed by atoms with van der Waals surface area (Å²) in [7, 11) is -5.23. The van der Waals surface area contributed by atoms with Gasteiger partial charge in [-0.2, -0.15) is 0 Å². The normalized spacial score (nSPS) is 24.1. The number of carbonyl (C=O) groups is 8. The second kappa shape index (κ2) is 29.9. The molecule has 10 rings (SSSR count). The molecule has 0 radical (unpaired) electrons. The van der Waals surface area contributed by atoms with Crippen LogP contribution in [0.2, 0.25) is 5.15 Å². The minimum absolute atomic E-state index is 0.0173. The summed E-state index contributed by atoms with van der Waals surface area (Å²) in [6.45, 7) is 31.5. The SMILES string of the molecule is C=C[C@@H]1C[C@]1(NC(=O)[C@@H]1C[C@@H](Oc2cc3c(Cl)nccc3cc2OC)CN1C(=O)[C@@H](NC(=O)OC(C)(C)C)C(C)(C)C)C(=O)NS(=O)(=O)C1(CC)CC1.C=C[C@@H]1C[C@]1(NC(=O)[C@@H]1C[C@@H](Oc2nccc3cc(OC)c(F)cc23)CN1C(=O)[C@@H](NC(=O)OC(C)(C)C)C(C)(C)C)C(=O)NS(=O)(=O)C1(CC)CC1. The van der Waals surface area contributed by atoms with E-state index in [1.54, 1.807) is 127 Å². The Bertz CT molecular complexity index is 4390. The van der Waals surface area contributed by atoms with Crippen LogP contribution in [0.3, 0.4) is 0 Å². The predicted octanol–water partition coefficient (Wildman–Crippen LogP) is 8.75. The van der Waals surface area contributed by atoms with Gasteiger partial charge in [0.25, 0.3) is 11.8 Å². The molecule has 4 aromatic rings. The van der Waals surface area contributed by atoms with Crippen molar-refractivity contribution >= 4 is 101 Å². The van der Waals surface area contributed by atoms with Crippen LogP contribution in [0, 0.1) is 28.5 Å². The average molecular weight is 1540 g/mol. The van der Waals surface area contributed by atoms with Gasteiger partial charge in [0.15, 0.2) is 23.1 Å². The van der Waals surface area contributed by atoms with Gasteiger partial charge in [-0.3, -0.25) is 38.2 Å². The molecule has 6 aliphatic rings. The van der Waals surface area contributed by atoms with Crippen molar-refractivity contribution in [3.63, 3.8) is 0 Å². The van der Waals surface area contributed by atoms with E-state index in [1.807, 2.05) is 0 Å². The summed E-state index contributed by atoms with van der Waals surface area (Å²) in [6, 6.07) is 4.83. The summed E-state index contributed by atoms with van der Waals surface area (Å²) in [5, 5.41) is 13.4. The summed E-state index contributed by atoms with van der Waals surface area (Å²) < 4.78 is 104. The number of benzene rings is 2. The number of carbonyl (C=O) groups excluding carboxylic acids is 8. The van der Waals surface area contributed by atoms with Gasteiger partial charge in [0, 0.05) is 47.8 Å². The number of amides is 8. The number of sulfonamides is 2. The maximum Gasteiger partial charge on any atom is 0.408 e. The summed E-state index contributed by atoms with van der Waals surface area (Å²) in [6.07, 6.45) is 5.28. The van der Waals surface area contributed by atoms with Crippen molar-refractivity contribution in [3.05, 3.63) is 85.1 Å². The van der Waals surface area contributed by atoms with E-state index in [0.29, 0.717) is 66.2 Å². The molecule has 28 nitrogen and oxygen atoms in total. The third-order valence-electron chi connectivity index (χ3n) is 20.4. The van der Waals surface area contributed by atoms with Crippen LogP contribution in [0.25, 0.3) is 21.5 Å². The van der Waals surface area contributed by atoms with Gasteiger partial charge in [0.05, 0.1) is 36.8 Å². The van der Waals surface area contributed by atoms with E-state index in [-0.39, 0.29) is 55.6 Å². The van der Waals surface area contributed by atoms with Gasteiger partial charge in [-0.15, -0.1) is 13.2 Å². The van der Waals surface area contributed by atoms with Crippen molar-refractivity contribution in [2.45, 2.75) is 229 Å². The lowest BCUT2D eigenvalue weighted by Gasteiger charge is -2.36. The number of ether oxygens (including phenoxy) is 6. The molecule has 0 bridgehead atoms. The Labute approximate surface area is 623 Å². The number of alkyl carbamates (subject to hydrolysis) is 2. The number of fused-ring (bicyclic) bond motifs is 2. The number of pyridine rings is 2. The molecule has 0 spiro atoms. The van der Waals surface area contributed by atoms with Crippen LogP contribution < -0.4 is 49.7 Å². The third-order valence-corrected chi connectivity index (χ3v) is 25.3. The number of aromatic nitrogens is 2. The number of halogens is 2. The molecular formula is C74H100ClFN10O18S2. The summed E-state index contributed by atoms with van der Waals surface area (Å²) in [5.74, 6) is -5.35. The summed E-state index contributed by atoms with van der Waals surface area (Å²) in [4.78, 5) is 122. The first-order valence-electron chi connectivity index (χ1n) is 35.4. The lowest BCUT2D eigenvalue weighted by atomic mass is 9.85. The quantitative estimate of drug-likeness (QED) is 0.0282. The van der Waals surface area contributed by atoms with Crippen LogP contribution in [0.1, 0.15) is 161 Å². The molecule has 4 saturated carbocycles. The van der Waals surface area contributed by atoms with Crippen molar-refractivity contribution in [2.24, 2.45) is 22.7 Å². The zero-order valence-electron chi connectivity index (χ0n) is 63.0. The van der Waals surface area contributed by atoms with Gasteiger partial charge in [0.1, 0.15) is 63.8 Å². The highest BCUT2D eigenvalue weighted by Gasteiger charge is 2.65. The number of rotatable bonds is 24. The van der Waals surface area contributed by atoms with Crippen LogP contribution >= 0.6 is 11.6 Å². The molecule has 2 saturated heterocycles. The maximum absolute atomic E-state index is 14.8. The molecule has 580 valence electrons. The third kappa shape index (κ3) is 17.4. The molecule has 106 heavy (non-hydrogen) atoms.